The van der Waals surface area contributed by atoms with Crippen LogP contribution in [0.25, 0.3) is 11.4 Å². The third-order valence-electron chi connectivity index (χ3n) is 4.90. The Balaban J connectivity index is 1.77. The van der Waals surface area contributed by atoms with Crippen molar-refractivity contribution in [2.75, 3.05) is 24.8 Å². The molecule has 8 heteroatoms. The van der Waals surface area contributed by atoms with Crippen LogP contribution in [0.5, 0.6) is 0 Å². The summed E-state index contributed by atoms with van der Waals surface area (Å²) in [6, 6.07) is 13.6. The second-order valence-corrected chi connectivity index (χ2v) is 8.43. The Morgan fingerprint density at radius 2 is 2.00 bits per heavy atom. The molecule has 1 heterocycles. The summed E-state index contributed by atoms with van der Waals surface area (Å²) in [5.74, 6) is 0.860. The molecule has 0 unspecified atom stereocenters. The summed E-state index contributed by atoms with van der Waals surface area (Å²) in [4.78, 5) is 12.7. The molecule has 3 aromatic rings. The quantitative estimate of drug-likeness (QED) is 0.332. The first-order valence-electron chi connectivity index (χ1n) is 10.2. The average molecular weight is 459 g/mol. The van der Waals surface area contributed by atoms with Crippen molar-refractivity contribution in [3.8, 4) is 11.4 Å². The van der Waals surface area contributed by atoms with E-state index in [1.165, 1.54) is 11.8 Å². The van der Waals surface area contributed by atoms with Crippen LogP contribution >= 0.6 is 23.4 Å². The number of aryl methyl sites for hydroxylation is 2. The third-order valence-corrected chi connectivity index (χ3v) is 6.19. The molecule has 1 aromatic heterocycles. The van der Waals surface area contributed by atoms with Crippen molar-refractivity contribution in [1.82, 2.24) is 14.8 Å². The Morgan fingerprint density at radius 1 is 1.19 bits per heavy atom. The second-order valence-electron chi connectivity index (χ2n) is 7.08. The number of carbonyl (C=O) groups is 1. The van der Waals surface area contributed by atoms with Crippen LogP contribution in [0.2, 0.25) is 5.02 Å². The van der Waals surface area contributed by atoms with Gasteiger partial charge in [0.25, 0.3) is 0 Å². The van der Waals surface area contributed by atoms with Crippen LogP contribution in [0.3, 0.4) is 0 Å². The Bertz CT molecular complexity index is 1040. The van der Waals surface area contributed by atoms with Crippen LogP contribution in [0.4, 0.5) is 5.69 Å². The van der Waals surface area contributed by atoms with Crippen molar-refractivity contribution in [3.05, 3.63) is 58.6 Å². The molecule has 0 radical (unpaired) electrons. The summed E-state index contributed by atoms with van der Waals surface area (Å²) in [6.07, 6.45) is 1.66. The Morgan fingerprint density at radius 3 is 2.74 bits per heavy atom. The molecular weight excluding hydrogens is 432 g/mol. The number of para-hydroxylation sites is 1. The summed E-state index contributed by atoms with van der Waals surface area (Å²) in [5, 5.41) is 13.1. The molecule has 1 amide bonds. The molecule has 0 spiro atoms. The van der Waals surface area contributed by atoms with Gasteiger partial charge in [-0.1, -0.05) is 60.6 Å². The zero-order chi connectivity index (χ0) is 22.2. The van der Waals surface area contributed by atoms with E-state index < -0.39 is 0 Å². The van der Waals surface area contributed by atoms with Crippen LogP contribution < -0.4 is 5.32 Å². The minimum absolute atomic E-state index is 0.0697. The number of hydrogen-bond acceptors (Lipinski definition) is 5. The van der Waals surface area contributed by atoms with Crippen LogP contribution in [0.15, 0.2) is 47.6 Å². The monoisotopic (exact) mass is 458 g/mol. The van der Waals surface area contributed by atoms with E-state index in [2.05, 4.69) is 22.4 Å². The SMILES string of the molecule is CCc1cccc(C)c1NC(=O)CSc1nnc(-c2ccccc2Cl)n1CCCOC. The van der Waals surface area contributed by atoms with Gasteiger partial charge in [0, 0.05) is 31.5 Å². The smallest absolute Gasteiger partial charge is 0.234 e. The van der Waals surface area contributed by atoms with Gasteiger partial charge in [0.1, 0.15) is 0 Å². The van der Waals surface area contributed by atoms with Gasteiger partial charge in [0.05, 0.1) is 10.8 Å². The highest BCUT2D eigenvalue weighted by Gasteiger charge is 2.18. The summed E-state index contributed by atoms with van der Waals surface area (Å²) >= 11 is 7.75. The van der Waals surface area contributed by atoms with Gasteiger partial charge in [-0.15, -0.1) is 10.2 Å². The first-order chi connectivity index (χ1) is 15.0. The zero-order valence-electron chi connectivity index (χ0n) is 18.0. The lowest BCUT2D eigenvalue weighted by Crippen LogP contribution is -2.17. The molecule has 0 saturated carbocycles. The van der Waals surface area contributed by atoms with Crippen LogP contribution in [0, 0.1) is 6.92 Å². The largest absolute Gasteiger partial charge is 0.385 e. The number of amides is 1. The fourth-order valence-corrected chi connectivity index (χ4v) is 4.30. The van der Waals surface area contributed by atoms with E-state index >= 15 is 0 Å². The lowest BCUT2D eigenvalue weighted by molar-refractivity contribution is -0.113. The molecule has 0 aliphatic carbocycles. The highest BCUT2D eigenvalue weighted by Crippen LogP contribution is 2.30. The Labute approximate surface area is 192 Å². The normalized spacial score (nSPS) is 11.0. The van der Waals surface area contributed by atoms with Gasteiger partial charge in [-0.2, -0.15) is 0 Å². The lowest BCUT2D eigenvalue weighted by atomic mass is 10.1. The average Bonchev–Trinajstić information content (AvgIpc) is 3.16. The molecule has 2 aromatic carbocycles. The van der Waals surface area contributed by atoms with E-state index in [0.717, 1.165) is 35.2 Å². The highest BCUT2D eigenvalue weighted by atomic mass is 35.5. The minimum Gasteiger partial charge on any atom is -0.385 e. The third kappa shape index (κ3) is 5.87. The number of aromatic nitrogens is 3. The number of hydrogen-bond donors (Lipinski definition) is 1. The second kappa shape index (κ2) is 11.3. The van der Waals surface area contributed by atoms with Crippen molar-refractivity contribution < 1.29 is 9.53 Å². The fraction of sp³-hybridized carbons (Fsp3) is 0.348. The number of nitrogens with one attached hydrogen (secondary N) is 1. The summed E-state index contributed by atoms with van der Waals surface area (Å²) in [6.45, 7) is 5.38. The van der Waals surface area contributed by atoms with Crippen LogP contribution in [-0.4, -0.2) is 40.1 Å². The molecule has 0 bridgehead atoms. The van der Waals surface area contributed by atoms with Gasteiger partial charge in [0.2, 0.25) is 5.91 Å². The topological polar surface area (TPSA) is 69.0 Å². The van der Waals surface area contributed by atoms with E-state index in [1.54, 1.807) is 7.11 Å². The molecule has 31 heavy (non-hydrogen) atoms. The van der Waals surface area contributed by atoms with Crippen LogP contribution in [0.1, 0.15) is 24.5 Å². The Hall–Kier alpha value is -2.35. The van der Waals surface area contributed by atoms with E-state index in [-0.39, 0.29) is 11.7 Å². The number of thioether (sulfide) groups is 1. The van der Waals surface area contributed by atoms with Gasteiger partial charge in [-0.05, 0) is 43.0 Å². The maximum Gasteiger partial charge on any atom is 0.234 e. The van der Waals surface area contributed by atoms with Crippen molar-refractivity contribution in [2.45, 2.75) is 38.4 Å². The van der Waals surface area contributed by atoms with Gasteiger partial charge in [-0.3, -0.25) is 4.79 Å². The van der Waals surface area contributed by atoms with Gasteiger partial charge < -0.3 is 14.6 Å². The molecule has 6 nitrogen and oxygen atoms in total. The zero-order valence-corrected chi connectivity index (χ0v) is 19.6. The van der Waals surface area contributed by atoms with E-state index in [9.17, 15) is 4.79 Å². The van der Waals surface area contributed by atoms with Gasteiger partial charge in [-0.25, -0.2) is 0 Å². The summed E-state index contributed by atoms with van der Waals surface area (Å²) < 4.78 is 7.20. The van der Waals surface area contributed by atoms with Crippen molar-refractivity contribution in [3.63, 3.8) is 0 Å². The van der Waals surface area contributed by atoms with Crippen LogP contribution in [-0.2, 0) is 22.5 Å². The molecule has 3 rings (SSSR count). The summed E-state index contributed by atoms with van der Waals surface area (Å²) in [5.41, 5.74) is 3.90. The standard InChI is InChI=1S/C23H27ClN4O2S/c1-4-17-10-7-9-16(2)21(17)25-20(29)15-31-23-27-26-22(28(23)13-8-14-30-3)18-11-5-6-12-19(18)24/h5-7,9-12H,4,8,13-15H2,1-3H3,(H,25,29). The molecule has 0 atom stereocenters. The molecule has 1 N–H and O–H groups in total. The van der Waals surface area contributed by atoms with E-state index in [4.69, 9.17) is 16.3 Å². The van der Waals surface area contributed by atoms with Gasteiger partial charge in [0.15, 0.2) is 11.0 Å². The lowest BCUT2D eigenvalue weighted by Gasteiger charge is -2.13. The molecular formula is C23H27ClN4O2S. The maximum absolute atomic E-state index is 12.7. The van der Waals surface area contributed by atoms with Crippen molar-refractivity contribution in [2.24, 2.45) is 0 Å². The predicted octanol–water partition coefficient (Wildman–Crippen LogP) is 5.24. The molecule has 0 saturated heterocycles. The summed E-state index contributed by atoms with van der Waals surface area (Å²) in [7, 11) is 1.68. The molecule has 0 fully saturated rings. The first-order valence-corrected chi connectivity index (χ1v) is 11.6. The van der Waals surface area contributed by atoms with Crippen molar-refractivity contribution >= 4 is 35.0 Å². The number of nitrogens with zero attached hydrogens (tertiary/aromatic N) is 3. The molecule has 0 aliphatic rings. The first kappa shape index (κ1) is 23.3. The van der Waals surface area contributed by atoms with E-state index in [1.807, 2.05) is 54.0 Å². The van der Waals surface area contributed by atoms with E-state index in [0.29, 0.717) is 29.2 Å². The fourth-order valence-electron chi connectivity index (χ4n) is 3.31. The maximum atomic E-state index is 12.7. The molecule has 164 valence electrons. The number of ether oxygens (including phenoxy) is 1. The number of rotatable bonds is 10. The number of carbonyl (C=O) groups excluding carboxylic acids is 1. The van der Waals surface area contributed by atoms with Crippen molar-refractivity contribution in [1.29, 1.82) is 0 Å². The molecule has 0 aliphatic heterocycles. The predicted molar refractivity (Wildman–Crippen MR) is 127 cm³/mol. The number of anilines is 1. The number of methoxy groups -OCH3 is 1. The minimum atomic E-state index is -0.0697. The number of halogens is 1. The van der Waals surface area contributed by atoms with Gasteiger partial charge >= 0.3 is 0 Å². The number of benzene rings is 2. The highest BCUT2D eigenvalue weighted by molar-refractivity contribution is 7.99. The Kier molecular flexibility index (Phi) is 8.51.